The summed E-state index contributed by atoms with van der Waals surface area (Å²) in [5, 5.41) is 13.5. The topological polar surface area (TPSA) is 80.0 Å². The minimum Gasteiger partial charge on any atom is -0.506 e. The number of hydrogen-bond donors (Lipinski definition) is 2. The van der Waals surface area contributed by atoms with E-state index in [0.29, 0.717) is 23.8 Å². The summed E-state index contributed by atoms with van der Waals surface area (Å²) >= 11 is 5.89. The van der Waals surface area contributed by atoms with Crippen molar-refractivity contribution in [2.75, 3.05) is 5.32 Å². The highest BCUT2D eigenvalue weighted by molar-refractivity contribution is 6.32. The van der Waals surface area contributed by atoms with Gasteiger partial charge in [-0.15, -0.1) is 0 Å². The monoisotopic (exact) mass is 330 g/mol. The van der Waals surface area contributed by atoms with Crippen molar-refractivity contribution in [1.82, 2.24) is 14.5 Å². The highest BCUT2D eigenvalue weighted by Crippen LogP contribution is 2.27. The van der Waals surface area contributed by atoms with Crippen molar-refractivity contribution >= 4 is 34.3 Å². The molecule has 0 radical (unpaired) electrons. The van der Waals surface area contributed by atoms with Gasteiger partial charge in [-0.05, 0) is 30.7 Å². The van der Waals surface area contributed by atoms with Crippen LogP contribution in [0.4, 0.5) is 11.6 Å². The summed E-state index contributed by atoms with van der Waals surface area (Å²) in [7, 11) is 0. The van der Waals surface area contributed by atoms with Gasteiger partial charge in [0.1, 0.15) is 11.4 Å². The molecule has 0 spiro atoms. The molecule has 118 valence electrons. The molecule has 0 aliphatic carbocycles. The number of phenols is 1. The van der Waals surface area contributed by atoms with E-state index in [2.05, 4.69) is 15.3 Å². The molecule has 0 aliphatic rings. The lowest BCUT2D eigenvalue weighted by atomic mass is 10.3. The predicted molar refractivity (Wildman–Crippen MR) is 90.5 cm³/mol. The second kappa shape index (κ2) is 6.26. The third-order valence-electron chi connectivity index (χ3n) is 3.37. The molecule has 23 heavy (non-hydrogen) atoms. The quantitative estimate of drug-likeness (QED) is 0.717. The Hall–Kier alpha value is -2.60. The number of aryl methyl sites for hydroxylation is 1. The molecular formula is C16H15ClN4O2. The Morgan fingerprint density at radius 2 is 2.13 bits per heavy atom. The van der Waals surface area contributed by atoms with Gasteiger partial charge in [-0.1, -0.05) is 18.5 Å². The Bertz CT molecular complexity index is 924. The molecule has 0 bridgehead atoms. The molecule has 0 unspecified atom stereocenters. The van der Waals surface area contributed by atoms with Crippen molar-refractivity contribution in [1.29, 1.82) is 0 Å². The van der Waals surface area contributed by atoms with Crippen molar-refractivity contribution in [3.05, 3.63) is 51.9 Å². The van der Waals surface area contributed by atoms with Gasteiger partial charge < -0.3 is 10.4 Å². The first-order valence-electron chi connectivity index (χ1n) is 7.20. The molecule has 7 heteroatoms. The second-order valence-corrected chi connectivity index (χ2v) is 5.49. The van der Waals surface area contributed by atoms with Gasteiger partial charge in [0.25, 0.3) is 5.56 Å². The van der Waals surface area contributed by atoms with Crippen LogP contribution in [-0.2, 0) is 6.54 Å². The minimum atomic E-state index is -0.0864. The third-order valence-corrected chi connectivity index (χ3v) is 3.68. The molecule has 2 heterocycles. The Balaban J connectivity index is 2.03. The summed E-state index contributed by atoms with van der Waals surface area (Å²) in [5.41, 5.74) is 1.14. The van der Waals surface area contributed by atoms with Crippen LogP contribution in [0.3, 0.4) is 0 Å². The lowest BCUT2D eigenvalue weighted by Crippen LogP contribution is -2.20. The largest absolute Gasteiger partial charge is 0.506 e. The van der Waals surface area contributed by atoms with Crippen LogP contribution in [0.2, 0.25) is 5.02 Å². The van der Waals surface area contributed by atoms with Gasteiger partial charge >= 0.3 is 0 Å². The van der Waals surface area contributed by atoms with Crippen LogP contribution in [0.1, 0.15) is 13.3 Å². The van der Waals surface area contributed by atoms with Crippen molar-refractivity contribution in [3.8, 4) is 5.75 Å². The summed E-state index contributed by atoms with van der Waals surface area (Å²) in [6, 6.07) is 7.96. The maximum atomic E-state index is 12.0. The van der Waals surface area contributed by atoms with Gasteiger partial charge in [0.2, 0.25) is 5.95 Å². The molecular weight excluding hydrogens is 316 g/mol. The lowest BCUT2D eigenvalue weighted by molar-refractivity contribution is 0.475. The fraction of sp³-hybridized carbons (Fsp3) is 0.188. The standard InChI is InChI=1S/C16H15ClN4O2/c1-2-7-21-14(23)6-3-10-9-18-16(20-15(10)21)19-11-4-5-13(22)12(17)8-11/h3-6,8-9,22H,2,7H2,1H3,(H,18,19,20). The van der Waals surface area contributed by atoms with E-state index in [1.54, 1.807) is 29.0 Å². The number of fused-ring (bicyclic) bond motifs is 1. The van der Waals surface area contributed by atoms with Gasteiger partial charge in [0, 0.05) is 29.9 Å². The smallest absolute Gasteiger partial charge is 0.252 e. The minimum absolute atomic E-state index is 0.00781. The van der Waals surface area contributed by atoms with Crippen LogP contribution in [-0.4, -0.2) is 19.6 Å². The van der Waals surface area contributed by atoms with E-state index in [4.69, 9.17) is 11.6 Å². The second-order valence-electron chi connectivity index (χ2n) is 5.09. The number of pyridine rings is 1. The summed E-state index contributed by atoms with van der Waals surface area (Å²) < 4.78 is 1.63. The maximum Gasteiger partial charge on any atom is 0.252 e. The van der Waals surface area contributed by atoms with Crippen LogP contribution < -0.4 is 10.9 Å². The molecule has 6 nitrogen and oxygen atoms in total. The van der Waals surface area contributed by atoms with E-state index in [1.807, 2.05) is 6.92 Å². The fourth-order valence-corrected chi connectivity index (χ4v) is 2.47. The number of benzene rings is 1. The highest BCUT2D eigenvalue weighted by Gasteiger charge is 2.07. The maximum absolute atomic E-state index is 12.0. The van der Waals surface area contributed by atoms with Gasteiger partial charge in [0.05, 0.1) is 5.02 Å². The van der Waals surface area contributed by atoms with Crippen LogP contribution in [0.5, 0.6) is 5.75 Å². The fourth-order valence-electron chi connectivity index (χ4n) is 2.29. The molecule has 2 aromatic heterocycles. The number of hydrogen-bond acceptors (Lipinski definition) is 5. The first-order chi connectivity index (χ1) is 11.1. The zero-order valence-electron chi connectivity index (χ0n) is 12.5. The zero-order valence-corrected chi connectivity index (χ0v) is 13.2. The van der Waals surface area contributed by atoms with Crippen LogP contribution in [0, 0.1) is 0 Å². The Morgan fingerprint density at radius 3 is 2.87 bits per heavy atom. The molecule has 1 aromatic carbocycles. The number of anilines is 2. The number of phenolic OH excluding ortho intramolecular Hbond substituents is 1. The summed E-state index contributed by atoms with van der Waals surface area (Å²) in [6.45, 7) is 2.60. The van der Waals surface area contributed by atoms with E-state index >= 15 is 0 Å². The molecule has 3 aromatic rings. The Labute approximate surface area is 137 Å². The van der Waals surface area contributed by atoms with Gasteiger partial charge in [0.15, 0.2) is 0 Å². The number of halogens is 1. The average Bonchev–Trinajstić information content (AvgIpc) is 2.54. The van der Waals surface area contributed by atoms with Crippen molar-refractivity contribution in [2.24, 2.45) is 0 Å². The van der Waals surface area contributed by atoms with Gasteiger partial charge in [-0.3, -0.25) is 9.36 Å². The highest BCUT2D eigenvalue weighted by atomic mass is 35.5. The Morgan fingerprint density at radius 1 is 1.30 bits per heavy atom. The average molecular weight is 331 g/mol. The lowest BCUT2D eigenvalue weighted by Gasteiger charge is -2.10. The summed E-state index contributed by atoms with van der Waals surface area (Å²) in [5.74, 6) is 0.364. The van der Waals surface area contributed by atoms with Gasteiger partial charge in [-0.2, -0.15) is 4.98 Å². The molecule has 0 fully saturated rings. The van der Waals surface area contributed by atoms with E-state index in [1.165, 1.54) is 12.1 Å². The van der Waals surface area contributed by atoms with Crippen molar-refractivity contribution in [2.45, 2.75) is 19.9 Å². The number of nitrogens with one attached hydrogen (secondary N) is 1. The van der Waals surface area contributed by atoms with Crippen molar-refractivity contribution in [3.63, 3.8) is 0 Å². The molecule has 3 rings (SSSR count). The van der Waals surface area contributed by atoms with Crippen LogP contribution >= 0.6 is 11.6 Å². The van der Waals surface area contributed by atoms with E-state index < -0.39 is 0 Å². The number of aromatic hydroxyl groups is 1. The summed E-state index contributed by atoms with van der Waals surface area (Å²) in [4.78, 5) is 20.7. The number of rotatable bonds is 4. The van der Waals surface area contributed by atoms with E-state index in [0.717, 1.165) is 11.8 Å². The molecule has 0 aliphatic heterocycles. The first kappa shape index (κ1) is 15.3. The molecule has 0 amide bonds. The normalized spacial score (nSPS) is 10.9. The molecule has 0 atom stereocenters. The van der Waals surface area contributed by atoms with Crippen molar-refractivity contribution < 1.29 is 5.11 Å². The molecule has 0 saturated carbocycles. The first-order valence-corrected chi connectivity index (χ1v) is 7.58. The summed E-state index contributed by atoms with van der Waals surface area (Å²) in [6.07, 6.45) is 2.50. The number of nitrogens with zero attached hydrogens (tertiary/aromatic N) is 3. The SMILES string of the molecule is CCCn1c(=O)ccc2cnc(Nc3ccc(O)c(Cl)c3)nc21. The van der Waals surface area contributed by atoms with Crippen LogP contribution in [0.25, 0.3) is 11.0 Å². The Kier molecular flexibility index (Phi) is 4.16. The third kappa shape index (κ3) is 3.12. The number of aromatic nitrogens is 3. The van der Waals surface area contributed by atoms with Crippen LogP contribution in [0.15, 0.2) is 41.3 Å². The predicted octanol–water partition coefficient (Wildman–Crippen LogP) is 3.30. The van der Waals surface area contributed by atoms with E-state index in [9.17, 15) is 9.90 Å². The zero-order chi connectivity index (χ0) is 16.4. The van der Waals surface area contributed by atoms with E-state index in [-0.39, 0.29) is 16.3 Å². The molecule has 0 saturated heterocycles. The molecule has 2 N–H and O–H groups in total. The van der Waals surface area contributed by atoms with Gasteiger partial charge in [-0.25, -0.2) is 4.98 Å².